The highest BCUT2D eigenvalue weighted by Crippen LogP contribution is 2.13. The minimum Gasteiger partial charge on any atom is -0.326 e. The maximum Gasteiger partial charge on any atom is 0.230 e. The van der Waals surface area contributed by atoms with Crippen LogP contribution in [0, 0.1) is 5.82 Å². The number of carbonyl (C=O) groups is 1. The molecular formula is C19H20FN3O. The minimum absolute atomic E-state index is 0.139. The van der Waals surface area contributed by atoms with E-state index in [0.717, 1.165) is 12.1 Å². The maximum absolute atomic E-state index is 13.2. The number of pyridine rings is 1. The molecule has 5 heteroatoms. The predicted molar refractivity (Wildman–Crippen MR) is 92.5 cm³/mol. The van der Waals surface area contributed by atoms with Crippen LogP contribution in [0.25, 0.3) is 5.65 Å². The van der Waals surface area contributed by atoms with E-state index in [1.165, 1.54) is 30.7 Å². The Morgan fingerprint density at radius 1 is 1.17 bits per heavy atom. The molecule has 0 aliphatic heterocycles. The number of hydrogen-bond acceptors (Lipinski definition) is 2. The van der Waals surface area contributed by atoms with Crippen molar-refractivity contribution in [3.8, 4) is 0 Å². The number of rotatable bonds is 6. The van der Waals surface area contributed by atoms with Gasteiger partial charge >= 0.3 is 0 Å². The van der Waals surface area contributed by atoms with Gasteiger partial charge in [0.1, 0.15) is 11.5 Å². The zero-order chi connectivity index (χ0) is 16.9. The van der Waals surface area contributed by atoms with Crippen LogP contribution in [0.2, 0.25) is 0 Å². The molecule has 0 fully saturated rings. The van der Waals surface area contributed by atoms with Crippen LogP contribution in [0.4, 0.5) is 10.1 Å². The van der Waals surface area contributed by atoms with Crippen molar-refractivity contribution in [2.45, 2.75) is 32.6 Å². The van der Waals surface area contributed by atoms with Crippen molar-refractivity contribution in [1.82, 2.24) is 9.38 Å². The average molecular weight is 325 g/mol. The number of amides is 1. The molecule has 24 heavy (non-hydrogen) atoms. The molecule has 1 aromatic carbocycles. The van der Waals surface area contributed by atoms with E-state index in [-0.39, 0.29) is 18.1 Å². The summed E-state index contributed by atoms with van der Waals surface area (Å²) in [6.07, 6.45) is 6.57. The Balaban J connectivity index is 1.61. The maximum atomic E-state index is 13.2. The van der Waals surface area contributed by atoms with E-state index in [9.17, 15) is 9.18 Å². The molecule has 0 spiro atoms. The van der Waals surface area contributed by atoms with Gasteiger partial charge < -0.3 is 9.72 Å². The zero-order valence-corrected chi connectivity index (χ0v) is 13.6. The second-order valence-corrected chi connectivity index (χ2v) is 5.87. The first-order chi connectivity index (χ1) is 11.6. The van der Waals surface area contributed by atoms with Crippen molar-refractivity contribution in [1.29, 1.82) is 0 Å². The van der Waals surface area contributed by atoms with Gasteiger partial charge in [0.2, 0.25) is 5.91 Å². The number of fused-ring (bicyclic) bond motifs is 1. The molecule has 1 N–H and O–H groups in total. The number of nitrogens with one attached hydrogen (secondary N) is 1. The molecule has 0 saturated heterocycles. The number of aryl methyl sites for hydroxylation is 1. The second-order valence-electron chi connectivity index (χ2n) is 5.87. The first kappa shape index (κ1) is 16.2. The largest absolute Gasteiger partial charge is 0.326 e. The van der Waals surface area contributed by atoms with Crippen LogP contribution in [0.3, 0.4) is 0 Å². The van der Waals surface area contributed by atoms with E-state index in [1.54, 1.807) is 16.7 Å². The lowest BCUT2D eigenvalue weighted by Gasteiger charge is -2.05. The standard InChI is InChI=1S/C19H20FN3O/c1-2-3-4-14-5-8-16(9-6-14)22-19(24)11-17-13-23-12-15(20)7-10-18(23)21-17/h5-10,12-13H,2-4,11H2,1H3,(H,22,24). The summed E-state index contributed by atoms with van der Waals surface area (Å²) in [4.78, 5) is 16.5. The van der Waals surface area contributed by atoms with E-state index in [0.29, 0.717) is 11.3 Å². The topological polar surface area (TPSA) is 46.4 Å². The van der Waals surface area contributed by atoms with E-state index in [1.807, 2.05) is 24.3 Å². The number of halogens is 1. The van der Waals surface area contributed by atoms with Crippen LogP contribution in [-0.2, 0) is 17.6 Å². The number of anilines is 1. The van der Waals surface area contributed by atoms with Crippen molar-refractivity contribution >= 4 is 17.2 Å². The highest BCUT2D eigenvalue weighted by Gasteiger charge is 2.08. The molecule has 3 rings (SSSR count). The fourth-order valence-corrected chi connectivity index (χ4v) is 2.61. The summed E-state index contributed by atoms with van der Waals surface area (Å²) < 4.78 is 14.8. The summed E-state index contributed by atoms with van der Waals surface area (Å²) in [5, 5.41) is 2.87. The molecule has 0 radical (unpaired) electrons. The fraction of sp³-hybridized carbons (Fsp3) is 0.263. The van der Waals surface area contributed by atoms with E-state index in [2.05, 4.69) is 17.2 Å². The molecule has 0 aliphatic carbocycles. The molecule has 0 saturated carbocycles. The quantitative estimate of drug-likeness (QED) is 0.744. The van der Waals surface area contributed by atoms with Gasteiger partial charge in [-0.3, -0.25) is 4.79 Å². The van der Waals surface area contributed by atoms with E-state index < -0.39 is 0 Å². The average Bonchev–Trinajstić information content (AvgIpc) is 2.95. The third kappa shape index (κ3) is 3.98. The Bertz CT molecular complexity index is 839. The number of unbranched alkanes of at least 4 members (excludes halogenated alkanes) is 1. The third-order valence-corrected chi connectivity index (χ3v) is 3.86. The highest BCUT2D eigenvalue weighted by molar-refractivity contribution is 5.92. The molecule has 0 atom stereocenters. The summed E-state index contributed by atoms with van der Waals surface area (Å²) in [5.41, 5.74) is 3.28. The van der Waals surface area contributed by atoms with Crippen molar-refractivity contribution < 1.29 is 9.18 Å². The Morgan fingerprint density at radius 2 is 1.96 bits per heavy atom. The monoisotopic (exact) mass is 325 g/mol. The number of benzene rings is 1. The van der Waals surface area contributed by atoms with Gasteiger partial charge in [-0.1, -0.05) is 25.5 Å². The van der Waals surface area contributed by atoms with Crippen molar-refractivity contribution in [2.75, 3.05) is 5.32 Å². The first-order valence-corrected chi connectivity index (χ1v) is 8.16. The third-order valence-electron chi connectivity index (χ3n) is 3.86. The smallest absolute Gasteiger partial charge is 0.230 e. The van der Waals surface area contributed by atoms with Gasteiger partial charge in [0.15, 0.2) is 0 Å². The van der Waals surface area contributed by atoms with Crippen LogP contribution in [0.1, 0.15) is 31.0 Å². The molecule has 3 aromatic rings. The number of nitrogens with zero attached hydrogens (tertiary/aromatic N) is 2. The number of imidazole rings is 1. The van der Waals surface area contributed by atoms with Crippen LogP contribution in [0.15, 0.2) is 48.8 Å². The van der Waals surface area contributed by atoms with Gasteiger partial charge in [0.05, 0.1) is 12.1 Å². The summed E-state index contributed by atoms with van der Waals surface area (Å²) in [6, 6.07) is 10.9. The Hall–Kier alpha value is -2.69. The van der Waals surface area contributed by atoms with Gasteiger partial charge in [0.25, 0.3) is 0 Å². The normalized spacial score (nSPS) is 10.9. The second kappa shape index (κ2) is 7.25. The Morgan fingerprint density at radius 3 is 2.71 bits per heavy atom. The molecular weight excluding hydrogens is 305 g/mol. The SMILES string of the molecule is CCCCc1ccc(NC(=O)Cc2cn3cc(F)ccc3n2)cc1. The number of aromatic nitrogens is 2. The number of carbonyl (C=O) groups excluding carboxylic acids is 1. The lowest BCUT2D eigenvalue weighted by atomic mass is 10.1. The minimum atomic E-state index is -0.334. The molecule has 2 heterocycles. The Kier molecular flexibility index (Phi) is 4.89. The van der Waals surface area contributed by atoms with E-state index >= 15 is 0 Å². The molecule has 0 unspecified atom stereocenters. The van der Waals surface area contributed by atoms with Crippen LogP contribution < -0.4 is 5.32 Å². The fourth-order valence-electron chi connectivity index (χ4n) is 2.61. The van der Waals surface area contributed by atoms with Crippen LogP contribution in [0.5, 0.6) is 0 Å². The van der Waals surface area contributed by atoms with Gasteiger partial charge in [-0.2, -0.15) is 0 Å². The molecule has 4 nitrogen and oxygen atoms in total. The molecule has 2 aromatic heterocycles. The predicted octanol–water partition coefficient (Wildman–Crippen LogP) is 4.00. The lowest BCUT2D eigenvalue weighted by Crippen LogP contribution is -2.14. The van der Waals surface area contributed by atoms with E-state index in [4.69, 9.17) is 0 Å². The number of hydrogen-bond donors (Lipinski definition) is 1. The summed E-state index contributed by atoms with van der Waals surface area (Å²) in [6.45, 7) is 2.17. The molecule has 124 valence electrons. The first-order valence-electron chi connectivity index (χ1n) is 8.16. The lowest BCUT2D eigenvalue weighted by molar-refractivity contribution is -0.115. The van der Waals surface area contributed by atoms with Crippen LogP contribution in [-0.4, -0.2) is 15.3 Å². The van der Waals surface area contributed by atoms with Gasteiger partial charge in [-0.05, 0) is 42.7 Å². The molecule has 0 aliphatic rings. The Labute approximate surface area is 140 Å². The van der Waals surface area contributed by atoms with Crippen molar-refractivity contribution in [2.24, 2.45) is 0 Å². The molecule has 1 amide bonds. The highest BCUT2D eigenvalue weighted by atomic mass is 19.1. The molecule has 0 bridgehead atoms. The van der Waals surface area contributed by atoms with Crippen LogP contribution >= 0.6 is 0 Å². The summed E-state index contributed by atoms with van der Waals surface area (Å²) >= 11 is 0. The summed E-state index contributed by atoms with van der Waals surface area (Å²) in [7, 11) is 0. The van der Waals surface area contributed by atoms with Crippen molar-refractivity contribution in [3.63, 3.8) is 0 Å². The van der Waals surface area contributed by atoms with Gasteiger partial charge in [-0.15, -0.1) is 0 Å². The van der Waals surface area contributed by atoms with Gasteiger partial charge in [0, 0.05) is 18.1 Å². The zero-order valence-electron chi connectivity index (χ0n) is 13.6. The summed E-state index contributed by atoms with van der Waals surface area (Å²) in [5.74, 6) is -0.473. The van der Waals surface area contributed by atoms with Gasteiger partial charge in [-0.25, -0.2) is 9.37 Å². The van der Waals surface area contributed by atoms with Crippen molar-refractivity contribution in [3.05, 3.63) is 65.9 Å².